The second-order valence-electron chi connectivity index (χ2n) is 7.66. The van der Waals surface area contributed by atoms with Gasteiger partial charge in [0.2, 0.25) is 11.8 Å². The van der Waals surface area contributed by atoms with Gasteiger partial charge in [-0.1, -0.05) is 18.9 Å². The fourth-order valence-electron chi connectivity index (χ4n) is 4.17. The molecule has 7 heteroatoms. The standard InChI is InChI=1S/C22H26N4O3/c1-29-21-16(13-24-20(27)9-8-15-5-4-10-23-12-15)11-18-19(25-21)14-26(22(18)28)17-6-2-3-7-17/h4-5,10-12,17H,2-3,6-9,13-14H2,1H3,(H,24,27). The molecule has 0 radical (unpaired) electrons. The number of nitrogens with zero attached hydrogens (tertiary/aromatic N) is 3. The highest BCUT2D eigenvalue weighted by Gasteiger charge is 2.35. The second kappa shape index (κ2) is 8.59. The summed E-state index contributed by atoms with van der Waals surface area (Å²) in [6, 6.07) is 5.97. The summed E-state index contributed by atoms with van der Waals surface area (Å²) in [5.74, 6) is 0.457. The van der Waals surface area contributed by atoms with E-state index in [0.717, 1.165) is 29.7 Å². The molecule has 4 rings (SSSR count). The molecular weight excluding hydrogens is 368 g/mol. The molecule has 1 N–H and O–H groups in total. The van der Waals surface area contributed by atoms with Crippen LogP contribution in [-0.4, -0.2) is 39.8 Å². The lowest BCUT2D eigenvalue weighted by molar-refractivity contribution is -0.121. The van der Waals surface area contributed by atoms with E-state index < -0.39 is 0 Å². The number of carbonyl (C=O) groups excluding carboxylic acids is 2. The first-order valence-electron chi connectivity index (χ1n) is 10.2. The number of hydrogen-bond acceptors (Lipinski definition) is 5. The number of ether oxygens (including phenoxy) is 1. The van der Waals surface area contributed by atoms with E-state index in [0.29, 0.717) is 36.9 Å². The zero-order valence-electron chi connectivity index (χ0n) is 16.7. The summed E-state index contributed by atoms with van der Waals surface area (Å²) < 4.78 is 5.43. The van der Waals surface area contributed by atoms with Gasteiger partial charge in [-0.05, 0) is 37.0 Å². The average molecular weight is 394 g/mol. The molecule has 2 aliphatic rings. The molecule has 0 spiro atoms. The van der Waals surface area contributed by atoms with Gasteiger partial charge in [0, 0.05) is 37.0 Å². The molecule has 0 bridgehead atoms. The van der Waals surface area contributed by atoms with Gasteiger partial charge in [0.25, 0.3) is 5.91 Å². The summed E-state index contributed by atoms with van der Waals surface area (Å²) in [7, 11) is 1.56. The van der Waals surface area contributed by atoms with Crippen LogP contribution in [0.1, 0.15) is 59.3 Å². The van der Waals surface area contributed by atoms with E-state index in [4.69, 9.17) is 4.74 Å². The number of amides is 2. The summed E-state index contributed by atoms with van der Waals surface area (Å²) >= 11 is 0. The summed E-state index contributed by atoms with van der Waals surface area (Å²) in [6.45, 7) is 0.832. The first-order valence-corrected chi connectivity index (χ1v) is 10.2. The van der Waals surface area contributed by atoms with E-state index >= 15 is 0 Å². The first-order chi connectivity index (χ1) is 14.2. The maximum Gasteiger partial charge on any atom is 0.256 e. The van der Waals surface area contributed by atoms with Crippen LogP contribution in [0.15, 0.2) is 30.6 Å². The molecular formula is C22H26N4O3. The third kappa shape index (κ3) is 4.23. The minimum atomic E-state index is -0.0599. The molecule has 29 heavy (non-hydrogen) atoms. The molecule has 2 amide bonds. The Balaban J connectivity index is 1.40. The Hall–Kier alpha value is -2.96. The van der Waals surface area contributed by atoms with Crippen molar-refractivity contribution >= 4 is 11.8 Å². The largest absolute Gasteiger partial charge is 0.481 e. The highest BCUT2D eigenvalue weighted by molar-refractivity contribution is 5.98. The van der Waals surface area contributed by atoms with Gasteiger partial charge in [-0.2, -0.15) is 0 Å². The number of pyridine rings is 2. The molecule has 1 fully saturated rings. The second-order valence-corrected chi connectivity index (χ2v) is 7.66. The van der Waals surface area contributed by atoms with Crippen LogP contribution in [0.2, 0.25) is 0 Å². The van der Waals surface area contributed by atoms with Gasteiger partial charge < -0.3 is 15.0 Å². The number of rotatable bonds is 7. The lowest BCUT2D eigenvalue weighted by Crippen LogP contribution is -2.33. The highest BCUT2D eigenvalue weighted by Crippen LogP contribution is 2.33. The molecule has 152 valence electrons. The van der Waals surface area contributed by atoms with E-state index in [1.807, 2.05) is 23.1 Å². The molecule has 0 aromatic carbocycles. The van der Waals surface area contributed by atoms with E-state index in [9.17, 15) is 9.59 Å². The zero-order chi connectivity index (χ0) is 20.2. The van der Waals surface area contributed by atoms with Crippen molar-refractivity contribution < 1.29 is 14.3 Å². The quantitative estimate of drug-likeness (QED) is 0.780. The number of hydrogen-bond donors (Lipinski definition) is 1. The van der Waals surface area contributed by atoms with Crippen molar-refractivity contribution in [3.8, 4) is 5.88 Å². The Bertz CT molecular complexity index is 894. The van der Waals surface area contributed by atoms with E-state index in [1.165, 1.54) is 12.8 Å². The van der Waals surface area contributed by atoms with Crippen LogP contribution in [0.5, 0.6) is 5.88 Å². The van der Waals surface area contributed by atoms with Crippen LogP contribution in [0.3, 0.4) is 0 Å². The van der Waals surface area contributed by atoms with E-state index in [2.05, 4.69) is 15.3 Å². The third-order valence-corrected chi connectivity index (χ3v) is 5.75. The Morgan fingerprint density at radius 3 is 2.90 bits per heavy atom. The van der Waals surface area contributed by atoms with Crippen LogP contribution in [0.25, 0.3) is 0 Å². The molecule has 7 nitrogen and oxygen atoms in total. The Labute approximate surface area is 170 Å². The van der Waals surface area contributed by atoms with Crippen LogP contribution in [0, 0.1) is 0 Å². The third-order valence-electron chi connectivity index (χ3n) is 5.75. The predicted molar refractivity (Wildman–Crippen MR) is 107 cm³/mol. The molecule has 3 heterocycles. The van der Waals surface area contributed by atoms with Crippen LogP contribution in [0.4, 0.5) is 0 Å². The van der Waals surface area contributed by atoms with Crippen molar-refractivity contribution in [3.63, 3.8) is 0 Å². The SMILES string of the molecule is COc1nc2c(cc1CNC(=O)CCc1cccnc1)C(=O)N(C1CCCC1)C2. The number of fused-ring (bicyclic) bond motifs is 1. The van der Waals surface area contributed by atoms with Crippen molar-refractivity contribution in [2.24, 2.45) is 0 Å². The van der Waals surface area contributed by atoms with Gasteiger partial charge in [0.15, 0.2) is 0 Å². The van der Waals surface area contributed by atoms with Crippen LogP contribution < -0.4 is 10.1 Å². The van der Waals surface area contributed by atoms with Gasteiger partial charge >= 0.3 is 0 Å². The minimum Gasteiger partial charge on any atom is -0.481 e. The lowest BCUT2D eigenvalue weighted by Gasteiger charge is -2.22. The van der Waals surface area contributed by atoms with Crippen molar-refractivity contribution in [2.45, 2.75) is 57.7 Å². The highest BCUT2D eigenvalue weighted by atomic mass is 16.5. The maximum atomic E-state index is 12.9. The number of methoxy groups -OCH3 is 1. The van der Waals surface area contributed by atoms with Crippen molar-refractivity contribution in [3.05, 3.63) is 53.0 Å². The van der Waals surface area contributed by atoms with Crippen molar-refractivity contribution in [1.82, 2.24) is 20.2 Å². The molecule has 0 unspecified atom stereocenters. The fourth-order valence-corrected chi connectivity index (χ4v) is 4.17. The molecule has 1 aliphatic heterocycles. The molecule has 1 saturated carbocycles. The normalized spacial score (nSPS) is 16.2. The minimum absolute atomic E-state index is 0.0474. The number of aryl methyl sites for hydroxylation is 1. The number of carbonyl (C=O) groups is 2. The Morgan fingerprint density at radius 2 is 2.17 bits per heavy atom. The topological polar surface area (TPSA) is 84.4 Å². The van der Waals surface area contributed by atoms with E-state index in [-0.39, 0.29) is 18.4 Å². The number of aromatic nitrogens is 2. The molecule has 2 aromatic rings. The van der Waals surface area contributed by atoms with Crippen LogP contribution >= 0.6 is 0 Å². The van der Waals surface area contributed by atoms with Crippen LogP contribution in [-0.2, 0) is 24.3 Å². The monoisotopic (exact) mass is 394 g/mol. The van der Waals surface area contributed by atoms with Gasteiger partial charge in [-0.15, -0.1) is 0 Å². The number of nitrogens with one attached hydrogen (secondary N) is 1. The Kier molecular flexibility index (Phi) is 5.74. The van der Waals surface area contributed by atoms with Gasteiger partial charge in [0.05, 0.1) is 24.9 Å². The van der Waals surface area contributed by atoms with Gasteiger partial charge in [0.1, 0.15) is 0 Å². The fraction of sp³-hybridized carbons (Fsp3) is 0.455. The molecule has 1 aliphatic carbocycles. The van der Waals surface area contributed by atoms with Crippen molar-refractivity contribution in [1.29, 1.82) is 0 Å². The van der Waals surface area contributed by atoms with Gasteiger partial charge in [-0.3, -0.25) is 14.6 Å². The first kappa shape index (κ1) is 19.4. The molecule has 0 atom stereocenters. The predicted octanol–water partition coefficient (Wildman–Crippen LogP) is 2.63. The Morgan fingerprint density at radius 1 is 1.34 bits per heavy atom. The summed E-state index contributed by atoms with van der Waals surface area (Å²) in [6.07, 6.45) is 8.98. The van der Waals surface area contributed by atoms with Crippen molar-refractivity contribution in [2.75, 3.05) is 7.11 Å². The summed E-state index contributed by atoms with van der Waals surface area (Å²) in [4.78, 5) is 35.7. The van der Waals surface area contributed by atoms with E-state index in [1.54, 1.807) is 19.5 Å². The maximum absolute atomic E-state index is 12.9. The summed E-state index contributed by atoms with van der Waals surface area (Å²) in [5, 5.41) is 2.91. The zero-order valence-corrected chi connectivity index (χ0v) is 16.7. The summed E-state index contributed by atoms with van der Waals surface area (Å²) in [5.41, 5.74) is 3.15. The average Bonchev–Trinajstić information content (AvgIpc) is 3.39. The lowest BCUT2D eigenvalue weighted by atomic mass is 10.1. The molecule has 0 saturated heterocycles. The van der Waals surface area contributed by atoms with Gasteiger partial charge in [-0.25, -0.2) is 4.98 Å². The smallest absolute Gasteiger partial charge is 0.256 e. The molecule has 2 aromatic heterocycles.